The number of rotatable bonds is 5. The number of nitrogens with zero attached hydrogens (tertiary/aromatic N) is 5. The first-order chi connectivity index (χ1) is 14.7. The van der Waals surface area contributed by atoms with E-state index in [0.717, 1.165) is 31.6 Å². The van der Waals surface area contributed by atoms with E-state index in [9.17, 15) is 9.18 Å². The smallest absolute Gasteiger partial charge is 0.224 e. The number of hydrogen-bond acceptors (Lipinski definition) is 4. The molecule has 0 N–H and O–H groups in total. The lowest BCUT2D eigenvalue weighted by atomic mass is 9.71. The van der Waals surface area contributed by atoms with Gasteiger partial charge in [-0.2, -0.15) is 0 Å². The molecule has 4 atom stereocenters. The number of aromatic nitrogens is 3. The van der Waals surface area contributed by atoms with E-state index in [1.165, 1.54) is 31.7 Å². The normalized spacial score (nSPS) is 28.9. The summed E-state index contributed by atoms with van der Waals surface area (Å²) in [5.41, 5.74) is 1.07. The van der Waals surface area contributed by atoms with Crippen molar-refractivity contribution in [2.75, 3.05) is 19.6 Å². The van der Waals surface area contributed by atoms with Gasteiger partial charge in [0, 0.05) is 38.1 Å². The topological polar surface area (TPSA) is 54.3 Å². The summed E-state index contributed by atoms with van der Waals surface area (Å²) in [4.78, 5) is 17.8. The Balaban J connectivity index is 1.32. The van der Waals surface area contributed by atoms with Crippen LogP contribution >= 0.6 is 0 Å². The molecule has 3 aliphatic rings. The zero-order valence-corrected chi connectivity index (χ0v) is 17.4. The number of fused-ring (bicyclic) bond motifs is 4. The quantitative estimate of drug-likeness (QED) is 0.759. The number of aryl methyl sites for hydroxylation is 1. The van der Waals surface area contributed by atoms with Gasteiger partial charge in [0.25, 0.3) is 0 Å². The molecule has 0 radical (unpaired) electrons. The summed E-state index contributed by atoms with van der Waals surface area (Å²) in [6.07, 6.45) is 9.61. The van der Waals surface area contributed by atoms with Gasteiger partial charge in [-0.3, -0.25) is 9.69 Å². The number of hydrogen-bond donors (Lipinski definition) is 0. The van der Waals surface area contributed by atoms with E-state index in [1.807, 2.05) is 16.7 Å². The van der Waals surface area contributed by atoms with Gasteiger partial charge < -0.3 is 9.47 Å². The first-order valence-electron chi connectivity index (χ1n) is 11.3. The molecular weight excluding hydrogens is 381 g/mol. The summed E-state index contributed by atoms with van der Waals surface area (Å²) >= 11 is 0. The monoisotopic (exact) mass is 411 g/mol. The maximum absolute atomic E-state index is 13.8. The zero-order valence-electron chi connectivity index (χ0n) is 17.4. The molecule has 0 aliphatic carbocycles. The van der Waals surface area contributed by atoms with Crippen molar-refractivity contribution in [3.05, 3.63) is 48.3 Å². The Morgan fingerprint density at radius 3 is 2.80 bits per heavy atom. The average Bonchev–Trinajstić information content (AvgIpc) is 3.29. The molecular formula is C23H30FN5O. The first kappa shape index (κ1) is 19.7. The Labute approximate surface area is 177 Å². The number of halogens is 1. The summed E-state index contributed by atoms with van der Waals surface area (Å²) in [7, 11) is 0. The second-order valence-electron chi connectivity index (χ2n) is 9.21. The highest BCUT2D eigenvalue weighted by atomic mass is 19.1. The van der Waals surface area contributed by atoms with Crippen molar-refractivity contribution in [2.45, 2.75) is 57.2 Å². The Morgan fingerprint density at radius 2 is 1.97 bits per heavy atom. The van der Waals surface area contributed by atoms with Gasteiger partial charge in [-0.15, -0.1) is 10.2 Å². The molecule has 1 aromatic heterocycles. The summed E-state index contributed by atoms with van der Waals surface area (Å²) in [5, 5.41) is 7.63. The number of benzene rings is 1. The fourth-order valence-electron chi connectivity index (χ4n) is 6.02. The van der Waals surface area contributed by atoms with Gasteiger partial charge in [0.15, 0.2) is 0 Å². The molecule has 0 unspecified atom stereocenters. The van der Waals surface area contributed by atoms with E-state index < -0.39 is 0 Å². The van der Waals surface area contributed by atoms with Gasteiger partial charge >= 0.3 is 0 Å². The third-order valence-electron chi connectivity index (χ3n) is 7.36. The van der Waals surface area contributed by atoms with Crippen molar-refractivity contribution in [3.63, 3.8) is 0 Å². The van der Waals surface area contributed by atoms with E-state index >= 15 is 0 Å². The molecule has 3 saturated heterocycles. The number of carbonyl (C=O) groups is 1. The van der Waals surface area contributed by atoms with Crippen LogP contribution in [0, 0.1) is 17.7 Å². The molecule has 3 fully saturated rings. The Bertz CT molecular complexity index is 872. The highest BCUT2D eigenvalue weighted by molar-refractivity contribution is 5.76. The second-order valence-corrected chi connectivity index (χ2v) is 9.21. The molecule has 5 rings (SSSR count). The lowest BCUT2D eigenvalue weighted by Gasteiger charge is -2.57. The fraction of sp³-hybridized carbons (Fsp3) is 0.609. The highest BCUT2D eigenvalue weighted by Gasteiger charge is 2.47. The van der Waals surface area contributed by atoms with Crippen molar-refractivity contribution in [1.29, 1.82) is 0 Å². The van der Waals surface area contributed by atoms with Crippen LogP contribution in [-0.4, -0.2) is 62.2 Å². The molecule has 7 heteroatoms. The molecule has 2 bridgehead atoms. The molecule has 0 spiro atoms. The lowest BCUT2D eigenvalue weighted by Crippen LogP contribution is -2.64. The molecule has 1 aromatic carbocycles. The fourth-order valence-corrected chi connectivity index (χ4v) is 6.02. The largest absolute Gasteiger partial charge is 0.342 e. The summed E-state index contributed by atoms with van der Waals surface area (Å²) in [5.74, 6) is 1.09. The van der Waals surface area contributed by atoms with Crippen LogP contribution < -0.4 is 0 Å². The van der Waals surface area contributed by atoms with Crippen LogP contribution in [-0.2, 0) is 17.8 Å². The van der Waals surface area contributed by atoms with E-state index in [4.69, 9.17) is 0 Å². The molecule has 0 saturated carbocycles. The van der Waals surface area contributed by atoms with Crippen molar-refractivity contribution in [2.24, 2.45) is 11.8 Å². The van der Waals surface area contributed by atoms with E-state index in [-0.39, 0.29) is 11.7 Å². The third kappa shape index (κ3) is 4.00. The average molecular weight is 412 g/mol. The number of amides is 1. The van der Waals surface area contributed by atoms with E-state index in [1.54, 1.807) is 18.7 Å². The van der Waals surface area contributed by atoms with E-state index in [0.29, 0.717) is 36.9 Å². The van der Waals surface area contributed by atoms with Gasteiger partial charge in [-0.1, -0.05) is 18.6 Å². The number of piperidine rings is 3. The van der Waals surface area contributed by atoms with E-state index in [2.05, 4.69) is 20.0 Å². The number of likely N-dealkylation sites (tertiary alicyclic amines) is 1. The van der Waals surface area contributed by atoms with Crippen molar-refractivity contribution >= 4 is 5.91 Å². The standard InChI is InChI=1S/C23H30FN5O/c24-20-5-3-4-17(10-20)11-22-19-12-18(21-6-1-2-8-29(21)22)13-28(14-19)23(30)7-9-27-15-25-26-16-27/h3-5,10,15-16,18-19,21-22H,1-2,6-9,11-14H2/t18-,19+,21+,22+/m1/s1. The molecule has 2 aromatic rings. The molecule has 160 valence electrons. The first-order valence-corrected chi connectivity index (χ1v) is 11.3. The Hall–Kier alpha value is -2.28. The maximum atomic E-state index is 13.8. The van der Waals surface area contributed by atoms with Crippen molar-refractivity contribution in [1.82, 2.24) is 24.6 Å². The lowest BCUT2D eigenvalue weighted by molar-refractivity contribution is -0.141. The predicted molar refractivity (Wildman–Crippen MR) is 111 cm³/mol. The number of carbonyl (C=O) groups excluding carboxylic acids is 1. The minimum Gasteiger partial charge on any atom is -0.342 e. The van der Waals surface area contributed by atoms with Gasteiger partial charge in [-0.05, 0) is 61.8 Å². The van der Waals surface area contributed by atoms with Crippen LogP contribution in [0.3, 0.4) is 0 Å². The van der Waals surface area contributed by atoms with Crippen molar-refractivity contribution < 1.29 is 9.18 Å². The minimum absolute atomic E-state index is 0.161. The molecule has 30 heavy (non-hydrogen) atoms. The Kier molecular flexibility index (Phi) is 5.54. The maximum Gasteiger partial charge on any atom is 0.224 e. The van der Waals surface area contributed by atoms with Gasteiger partial charge in [0.05, 0.1) is 0 Å². The van der Waals surface area contributed by atoms with Crippen LogP contribution in [0.15, 0.2) is 36.9 Å². The Morgan fingerprint density at radius 1 is 1.13 bits per heavy atom. The second kappa shape index (κ2) is 8.46. The molecule has 4 heterocycles. The van der Waals surface area contributed by atoms with Crippen LogP contribution in [0.1, 0.15) is 37.7 Å². The third-order valence-corrected chi connectivity index (χ3v) is 7.36. The summed E-state index contributed by atoms with van der Waals surface area (Å²) in [6, 6.07) is 7.99. The van der Waals surface area contributed by atoms with Gasteiger partial charge in [0.1, 0.15) is 18.5 Å². The zero-order chi connectivity index (χ0) is 20.5. The van der Waals surface area contributed by atoms with Crippen LogP contribution in [0.5, 0.6) is 0 Å². The summed E-state index contributed by atoms with van der Waals surface area (Å²) in [6.45, 7) is 3.46. The van der Waals surface area contributed by atoms with Gasteiger partial charge in [0.2, 0.25) is 5.91 Å². The van der Waals surface area contributed by atoms with Crippen LogP contribution in [0.4, 0.5) is 4.39 Å². The molecule has 3 aliphatic heterocycles. The molecule has 6 nitrogen and oxygen atoms in total. The highest BCUT2D eigenvalue weighted by Crippen LogP contribution is 2.42. The predicted octanol–water partition coefficient (Wildman–Crippen LogP) is 2.75. The minimum atomic E-state index is -0.161. The van der Waals surface area contributed by atoms with Gasteiger partial charge in [-0.25, -0.2) is 4.39 Å². The van der Waals surface area contributed by atoms with Crippen LogP contribution in [0.25, 0.3) is 0 Å². The van der Waals surface area contributed by atoms with Crippen LogP contribution in [0.2, 0.25) is 0 Å². The van der Waals surface area contributed by atoms with Crippen molar-refractivity contribution in [3.8, 4) is 0 Å². The SMILES string of the molecule is O=C(CCn1cnnc1)N1C[C@H]2C[C@@H](C1)[C@H](Cc1cccc(F)c1)N1CCCC[C@@H]21. The molecule has 1 amide bonds. The summed E-state index contributed by atoms with van der Waals surface area (Å²) < 4.78 is 15.7.